The smallest absolute Gasteiger partial charge is 0.416 e. The summed E-state index contributed by atoms with van der Waals surface area (Å²) in [7, 11) is 0. The minimum absolute atomic E-state index is 0.0837. The van der Waals surface area contributed by atoms with Gasteiger partial charge in [0.2, 0.25) is 0 Å². The number of Topliss-reactive ketones (excluding diaryl/α,β-unsaturated/α-hetero) is 1. The van der Waals surface area contributed by atoms with Crippen molar-refractivity contribution in [2.75, 3.05) is 39.4 Å². The molecule has 0 radical (unpaired) electrons. The number of likely N-dealkylation sites (tertiary alicyclic amines) is 2. The van der Waals surface area contributed by atoms with Crippen molar-refractivity contribution in [1.82, 2.24) is 19.6 Å². The molecule has 5 rings (SSSR count). The Kier molecular flexibility index (Phi) is 6.80. The van der Waals surface area contributed by atoms with Crippen molar-refractivity contribution in [2.45, 2.75) is 37.9 Å². The number of aliphatic carboxylic acids is 1. The van der Waals surface area contributed by atoms with E-state index in [2.05, 4.69) is 5.10 Å². The molecule has 1 aromatic carbocycles. The average Bonchev–Trinajstić information content (AvgIpc) is 3.59. The molecule has 9 nitrogen and oxygen atoms in total. The van der Waals surface area contributed by atoms with E-state index in [4.69, 9.17) is 4.74 Å². The van der Waals surface area contributed by atoms with Gasteiger partial charge in [0.05, 0.1) is 11.0 Å². The molecule has 1 amide bonds. The van der Waals surface area contributed by atoms with Crippen LogP contribution in [0.4, 0.5) is 18.0 Å². The zero-order valence-corrected chi connectivity index (χ0v) is 20.9. The average molecular weight is 535 g/mol. The van der Waals surface area contributed by atoms with Crippen LogP contribution in [0.5, 0.6) is 0 Å². The van der Waals surface area contributed by atoms with Crippen LogP contribution in [0.1, 0.15) is 46.9 Å². The van der Waals surface area contributed by atoms with E-state index in [0.29, 0.717) is 26.2 Å². The molecule has 3 fully saturated rings. The number of amides is 1. The van der Waals surface area contributed by atoms with Gasteiger partial charge in [-0.25, -0.2) is 4.79 Å². The number of benzene rings is 1. The summed E-state index contributed by atoms with van der Waals surface area (Å²) < 4.78 is 48.8. The third-order valence-corrected chi connectivity index (χ3v) is 8.10. The second-order valence-electron chi connectivity index (χ2n) is 10.5. The minimum Gasteiger partial charge on any atom is -0.481 e. The van der Waals surface area contributed by atoms with E-state index in [-0.39, 0.29) is 73.1 Å². The zero-order valence-electron chi connectivity index (χ0n) is 20.9. The van der Waals surface area contributed by atoms with Crippen molar-refractivity contribution in [2.24, 2.45) is 11.8 Å². The van der Waals surface area contributed by atoms with Gasteiger partial charge in [0.25, 0.3) is 0 Å². The van der Waals surface area contributed by atoms with Gasteiger partial charge < -0.3 is 14.7 Å². The van der Waals surface area contributed by atoms with Gasteiger partial charge in [0, 0.05) is 59.1 Å². The number of ether oxygens (including phenoxy) is 1. The molecule has 1 aromatic heterocycles. The number of fused-ring (bicyclic) bond motifs is 1. The van der Waals surface area contributed by atoms with Crippen molar-refractivity contribution in [3.63, 3.8) is 0 Å². The number of alkyl halides is 3. The Bertz CT molecular complexity index is 1240. The Morgan fingerprint density at radius 3 is 2.29 bits per heavy atom. The molecular formula is C26H29F3N4O5. The van der Waals surface area contributed by atoms with Crippen LogP contribution in [0.15, 0.2) is 30.5 Å². The molecule has 0 aliphatic carbocycles. The first kappa shape index (κ1) is 26.4. The standard InChI is InChI=1S/C26H29F3N4O5/c1-16(34)22-4-7-33(30-22)24(37)32-14-18-12-31(13-19(18)15-32)11-17-2-3-20(10-21(17)26(27,28)29)25(23(35)36)5-8-38-9-6-25/h2-4,7,10,18-19H,5-6,8-9,11-15H2,1H3,(H,35,36). The zero-order chi connectivity index (χ0) is 27.2. The predicted octanol–water partition coefficient (Wildman–Crippen LogP) is 3.27. The molecule has 2 unspecified atom stereocenters. The number of rotatable bonds is 5. The summed E-state index contributed by atoms with van der Waals surface area (Å²) >= 11 is 0. The van der Waals surface area contributed by atoms with Crippen LogP contribution in [0.3, 0.4) is 0 Å². The highest BCUT2D eigenvalue weighted by molar-refractivity contribution is 5.92. The highest BCUT2D eigenvalue weighted by Crippen LogP contribution is 2.41. The summed E-state index contributed by atoms with van der Waals surface area (Å²) in [5.74, 6) is -1.13. The van der Waals surface area contributed by atoms with E-state index in [1.165, 1.54) is 31.3 Å². The summed E-state index contributed by atoms with van der Waals surface area (Å²) in [6.45, 7) is 3.84. The maximum Gasteiger partial charge on any atom is 0.416 e. The first-order valence-electron chi connectivity index (χ1n) is 12.6. The molecule has 3 saturated heterocycles. The SMILES string of the molecule is CC(=O)c1ccn(C(=O)N2CC3CN(Cc4ccc(C5(C(=O)O)CCOCC5)cc4C(F)(F)F)CC3C2)n1. The quantitative estimate of drug-likeness (QED) is 0.587. The Balaban J connectivity index is 1.28. The van der Waals surface area contributed by atoms with E-state index in [1.54, 1.807) is 4.90 Å². The van der Waals surface area contributed by atoms with Crippen molar-refractivity contribution >= 4 is 17.8 Å². The molecule has 2 atom stereocenters. The Hall–Kier alpha value is -3.25. The van der Waals surface area contributed by atoms with Gasteiger partial charge in [-0.05, 0) is 47.9 Å². The number of carbonyl (C=O) groups is 3. The molecule has 0 saturated carbocycles. The number of halogens is 3. The largest absolute Gasteiger partial charge is 0.481 e. The third-order valence-electron chi connectivity index (χ3n) is 8.10. The van der Waals surface area contributed by atoms with Crippen LogP contribution in [-0.4, -0.2) is 81.9 Å². The lowest BCUT2D eigenvalue weighted by Crippen LogP contribution is -2.41. The first-order chi connectivity index (χ1) is 18.0. The van der Waals surface area contributed by atoms with Gasteiger partial charge >= 0.3 is 18.2 Å². The van der Waals surface area contributed by atoms with Crippen molar-refractivity contribution in [3.05, 3.63) is 52.8 Å². The van der Waals surface area contributed by atoms with Gasteiger partial charge in [-0.1, -0.05) is 12.1 Å². The molecule has 2 aromatic rings. The van der Waals surface area contributed by atoms with E-state index in [1.807, 2.05) is 4.90 Å². The second kappa shape index (κ2) is 9.81. The predicted molar refractivity (Wildman–Crippen MR) is 128 cm³/mol. The number of nitrogens with zero attached hydrogens (tertiary/aromatic N) is 4. The van der Waals surface area contributed by atoms with E-state index < -0.39 is 23.1 Å². The summed E-state index contributed by atoms with van der Waals surface area (Å²) in [5.41, 5.74) is -1.73. The summed E-state index contributed by atoms with van der Waals surface area (Å²) in [6, 6.07) is 5.09. The van der Waals surface area contributed by atoms with Gasteiger partial charge in [-0.3, -0.25) is 14.5 Å². The van der Waals surface area contributed by atoms with Crippen LogP contribution in [-0.2, 0) is 27.7 Å². The number of carboxylic acids is 1. The monoisotopic (exact) mass is 534 g/mol. The lowest BCUT2D eigenvalue weighted by atomic mass is 9.73. The number of carboxylic acid groups (broad SMARTS) is 1. The lowest BCUT2D eigenvalue weighted by Gasteiger charge is -2.34. The van der Waals surface area contributed by atoms with Crippen LogP contribution >= 0.6 is 0 Å². The van der Waals surface area contributed by atoms with Crippen LogP contribution in [0, 0.1) is 11.8 Å². The van der Waals surface area contributed by atoms with E-state index in [0.717, 1.165) is 10.7 Å². The second-order valence-corrected chi connectivity index (χ2v) is 10.5. The topological polar surface area (TPSA) is 105 Å². The fraction of sp³-hybridized carbons (Fsp3) is 0.538. The molecule has 0 bridgehead atoms. The Morgan fingerprint density at radius 1 is 1.08 bits per heavy atom. The fourth-order valence-electron chi connectivity index (χ4n) is 6.00. The lowest BCUT2D eigenvalue weighted by molar-refractivity contribution is -0.148. The fourth-order valence-corrected chi connectivity index (χ4v) is 6.00. The molecule has 3 aliphatic heterocycles. The van der Waals surface area contributed by atoms with E-state index >= 15 is 0 Å². The number of ketones is 1. The summed E-state index contributed by atoms with van der Waals surface area (Å²) in [6.07, 6.45) is -2.93. The number of hydrogen-bond donors (Lipinski definition) is 1. The maximum atomic E-state index is 14.1. The molecule has 38 heavy (non-hydrogen) atoms. The van der Waals surface area contributed by atoms with Crippen LogP contribution in [0.2, 0.25) is 0 Å². The molecule has 3 aliphatic rings. The van der Waals surface area contributed by atoms with E-state index in [9.17, 15) is 32.7 Å². The summed E-state index contributed by atoms with van der Waals surface area (Å²) in [4.78, 5) is 40.0. The molecule has 0 spiro atoms. The number of hydrogen-bond acceptors (Lipinski definition) is 6. The van der Waals surface area contributed by atoms with Gasteiger partial charge in [-0.15, -0.1) is 0 Å². The van der Waals surface area contributed by atoms with Gasteiger partial charge in [0.1, 0.15) is 5.69 Å². The minimum atomic E-state index is -4.63. The van der Waals surface area contributed by atoms with Crippen molar-refractivity contribution < 1.29 is 37.4 Å². The summed E-state index contributed by atoms with van der Waals surface area (Å²) in [5, 5.41) is 13.9. The van der Waals surface area contributed by atoms with Crippen molar-refractivity contribution in [3.8, 4) is 0 Å². The van der Waals surface area contributed by atoms with Gasteiger partial charge in [-0.2, -0.15) is 23.0 Å². The Labute approximate surface area is 217 Å². The molecule has 204 valence electrons. The van der Waals surface area contributed by atoms with Crippen LogP contribution in [0.25, 0.3) is 0 Å². The first-order valence-corrected chi connectivity index (χ1v) is 12.6. The van der Waals surface area contributed by atoms with Gasteiger partial charge in [0.15, 0.2) is 5.78 Å². The third kappa shape index (κ3) is 4.82. The molecule has 12 heteroatoms. The number of aromatic nitrogens is 2. The Morgan fingerprint density at radius 2 is 1.74 bits per heavy atom. The maximum absolute atomic E-state index is 14.1. The molecule has 1 N–H and O–H groups in total. The van der Waals surface area contributed by atoms with Crippen molar-refractivity contribution in [1.29, 1.82) is 0 Å². The molecule has 4 heterocycles. The van der Waals surface area contributed by atoms with Crippen LogP contribution < -0.4 is 0 Å². The number of carbonyl (C=O) groups excluding carboxylic acids is 2. The molecular weight excluding hydrogens is 505 g/mol. The normalized spacial score (nSPS) is 23.4. The highest BCUT2D eigenvalue weighted by atomic mass is 19.4. The highest BCUT2D eigenvalue weighted by Gasteiger charge is 2.45.